The van der Waals surface area contributed by atoms with Gasteiger partial charge in [-0.3, -0.25) is 4.90 Å². The van der Waals surface area contributed by atoms with Crippen LogP contribution < -0.4 is 10.1 Å². The molecule has 1 unspecified atom stereocenters. The summed E-state index contributed by atoms with van der Waals surface area (Å²) < 4.78 is 11.2. The minimum Gasteiger partial charge on any atom is -0.496 e. The van der Waals surface area contributed by atoms with Crippen molar-refractivity contribution in [3.05, 3.63) is 29.8 Å². The Morgan fingerprint density at radius 3 is 3.00 bits per heavy atom. The zero-order valence-corrected chi connectivity index (χ0v) is 12.2. The van der Waals surface area contributed by atoms with E-state index in [4.69, 9.17) is 9.47 Å². The number of rotatable bonds is 6. The number of benzene rings is 1. The summed E-state index contributed by atoms with van der Waals surface area (Å²) in [4.78, 5) is 2.58. The predicted octanol–water partition coefficient (Wildman–Crippen LogP) is 1.65. The summed E-state index contributed by atoms with van der Waals surface area (Å²) in [5.41, 5.74) is 1.20. The summed E-state index contributed by atoms with van der Waals surface area (Å²) >= 11 is 0. The van der Waals surface area contributed by atoms with Gasteiger partial charge in [0.2, 0.25) is 0 Å². The van der Waals surface area contributed by atoms with Gasteiger partial charge in [0.05, 0.1) is 19.8 Å². The Balaban J connectivity index is 1.44. The molecule has 2 aliphatic rings. The third-order valence-corrected chi connectivity index (χ3v) is 4.11. The van der Waals surface area contributed by atoms with Crippen LogP contribution in [0.2, 0.25) is 0 Å². The van der Waals surface area contributed by atoms with Gasteiger partial charge in [-0.25, -0.2) is 0 Å². The van der Waals surface area contributed by atoms with Gasteiger partial charge in [-0.2, -0.15) is 0 Å². The molecule has 20 heavy (non-hydrogen) atoms. The highest BCUT2D eigenvalue weighted by Gasteiger charge is 2.32. The van der Waals surface area contributed by atoms with Crippen LogP contribution in [-0.2, 0) is 11.3 Å². The summed E-state index contributed by atoms with van der Waals surface area (Å²) in [6.45, 7) is 4.78. The molecular weight excluding hydrogens is 252 g/mol. The van der Waals surface area contributed by atoms with Gasteiger partial charge in [-0.05, 0) is 18.9 Å². The Labute approximate surface area is 121 Å². The number of hydrogen-bond acceptors (Lipinski definition) is 4. The molecule has 0 amide bonds. The van der Waals surface area contributed by atoms with Crippen molar-refractivity contribution < 1.29 is 9.47 Å². The van der Waals surface area contributed by atoms with Crippen LogP contribution in [-0.4, -0.2) is 50.4 Å². The molecule has 1 aliphatic carbocycles. The van der Waals surface area contributed by atoms with Gasteiger partial charge >= 0.3 is 0 Å². The number of nitrogens with zero attached hydrogens (tertiary/aromatic N) is 1. The largest absolute Gasteiger partial charge is 0.496 e. The molecule has 1 heterocycles. The van der Waals surface area contributed by atoms with Gasteiger partial charge in [-0.1, -0.05) is 18.2 Å². The number of ether oxygens (including phenoxy) is 2. The van der Waals surface area contributed by atoms with Gasteiger partial charge in [0, 0.05) is 37.8 Å². The molecule has 2 fully saturated rings. The Bertz CT molecular complexity index is 434. The van der Waals surface area contributed by atoms with Crippen molar-refractivity contribution in [1.29, 1.82) is 0 Å². The fourth-order valence-corrected chi connectivity index (χ4v) is 2.85. The number of nitrogens with one attached hydrogen (secondary N) is 1. The second kappa shape index (κ2) is 6.57. The maximum absolute atomic E-state index is 5.85. The number of morpholine rings is 1. The van der Waals surface area contributed by atoms with Gasteiger partial charge in [0.15, 0.2) is 0 Å². The summed E-state index contributed by atoms with van der Waals surface area (Å²) in [6.07, 6.45) is 3.07. The Morgan fingerprint density at radius 1 is 1.35 bits per heavy atom. The van der Waals surface area contributed by atoms with E-state index < -0.39 is 0 Å². The van der Waals surface area contributed by atoms with Crippen LogP contribution in [0.15, 0.2) is 24.3 Å². The first kappa shape index (κ1) is 13.9. The van der Waals surface area contributed by atoms with E-state index in [0.717, 1.165) is 44.6 Å². The summed E-state index contributed by atoms with van der Waals surface area (Å²) in [6, 6.07) is 8.99. The average Bonchev–Trinajstić information content (AvgIpc) is 3.33. The first-order valence-corrected chi connectivity index (χ1v) is 7.55. The third-order valence-electron chi connectivity index (χ3n) is 4.11. The van der Waals surface area contributed by atoms with Gasteiger partial charge in [0.25, 0.3) is 0 Å². The highest BCUT2D eigenvalue weighted by atomic mass is 16.5. The summed E-state index contributed by atoms with van der Waals surface area (Å²) in [5, 5.41) is 3.49. The molecular formula is C16H24N2O2. The van der Waals surface area contributed by atoms with Crippen molar-refractivity contribution in [2.45, 2.75) is 31.5 Å². The first-order valence-electron chi connectivity index (χ1n) is 7.55. The molecule has 0 aromatic heterocycles. The lowest BCUT2D eigenvalue weighted by Crippen LogP contribution is -2.47. The van der Waals surface area contributed by atoms with Gasteiger partial charge in [0.1, 0.15) is 5.75 Å². The van der Waals surface area contributed by atoms with Crippen LogP contribution in [0.1, 0.15) is 18.4 Å². The van der Waals surface area contributed by atoms with E-state index in [9.17, 15) is 0 Å². The highest BCUT2D eigenvalue weighted by molar-refractivity contribution is 5.32. The van der Waals surface area contributed by atoms with E-state index in [1.807, 2.05) is 18.2 Å². The average molecular weight is 276 g/mol. The fourth-order valence-electron chi connectivity index (χ4n) is 2.85. The highest BCUT2D eigenvalue weighted by Crippen LogP contribution is 2.28. The van der Waals surface area contributed by atoms with Crippen molar-refractivity contribution in [2.24, 2.45) is 0 Å². The van der Waals surface area contributed by atoms with Crippen molar-refractivity contribution in [3.8, 4) is 5.75 Å². The molecule has 0 bridgehead atoms. The SMILES string of the molecule is COc1ccccc1CNCC1CN(C2CC2)CCO1. The van der Waals surface area contributed by atoms with E-state index in [1.165, 1.54) is 18.4 Å². The minimum absolute atomic E-state index is 0.319. The van der Waals surface area contributed by atoms with Crippen LogP contribution in [0.5, 0.6) is 5.75 Å². The molecule has 4 nitrogen and oxygen atoms in total. The molecule has 1 aromatic carbocycles. The standard InChI is InChI=1S/C16H24N2O2/c1-19-16-5-3-2-4-13(16)10-17-11-15-12-18(8-9-20-15)14-6-7-14/h2-5,14-15,17H,6-12H2,1H3. The van der Waals surface area contributed by atoms with E-state index in [2.05, 4.69) is 16.3 Å². The molecule has 3 rings (SSSR count). The van der Waals surface area contributed by atoms with Crippen molar-refractivity contribution in [3.63, 3.8) is 0 Å². The monoisotopic (exact) mass is 276 g/mol. The lowest BCUT2D eigenvalue weighted by Gasteiger charge is -2.33. The van der Waals surface area contributed by atoms with Crippen LogP contribution in [0.25, 0.3) is 0 Å². The van der Waals surface area contributed by atoms with Crippen LogP contribution in [0.4, 0.5) is 0 Å². The van der Waals surface area contributed by atoms with E-state index >= 15 is 0 Å². The molecule has 4 heteroatoms. The quantitative estimate of drug-likeness (QED) is 0.856. The maximum atomic E-state index is 5.85. The minimum atomic E-state index is 0.319. The zero-order valence-electron chi connectivity index (χ0n) is 12.2. The number of hydrogen-bond donors (Lipinski definition) is 1. The topological polar surface area (TPSA) is 33.7 Å². The van der Waals surface area contributed by atoms with Gasteiger partial charge < -0.3 is 14.8 Å². The van der Waals surface area contributed by atoms with E-state index in [1.54, 1.807) is 7.11 Å². The number of para-hydroxylation sites is 1. The molecule has 1 atom stereocenters. The third kappa shape index (κ3) is 3.51. The summed E-state index contributed by atoms with van der Waals surface area (Å²) in [5.74, 6) is 0.948. The first-order chi connectivity index (χ1) is 9.86. The number of methoxy groups -OCH3 is 1. The Morgan fingerprint density at radius 2 is 2.20 bits per heavy atom. The van der Waals surface area contributed by atoms with Crippen molar-refractivity contribution >= 4 is 0 Å². The molecule has 1 N–H and O–H groups in total. The molecule has 110 valence electrons. The fraction of sp³-hybridized carbons (Fsp3) is 0.625. The molecule has 1 aromatic rings. The molecule has 1 saturated carbocycles. The Kier molecular flexibility index (Phi) is 4.55. The van der Waals surface area contributed by atoms with Crippen molar-refractivity contribution in [2.75, 3.05) is 33.4 Å². The lowest BCUT2D eigenvalue weighted by molar-refractivity contribution is -0.0301. The van der Waals surface area contributed by atoms with E-state index in [-0.39, 0.29) is 0 Å². The van der Waals surface area contributed by atoms with Crippen molar-refractivity contribution in [1.82, 2.24) is 10.2 Å². The normalized spacial score (nSPS) is 23.8. The summed E-state index contributed by atoms with van der Waals surface area (Å²) in [7, 11) is 1.72. The van der Waals surface area contributed by atoms with Gasteiger partial charge in [-0.15, -0.1) is 0 Å². The molecule has 1 saturated heterocycles. The maximum Gasteiger partial charge on any atom is 0.123 e. The second-order valence-corrected chi connectivity index (χ2v) is 5.66. The lowest BCUT2D eigenvalue weighted by atomic mass is 10.2. The zero-order chi connectivity index (χ0) is 13.8. The molecule has 0 radical (unpaired) electrons. The van der Waals surface area contributed by atoms with Crippen LogP contribution >= 0.6 is 0 Å². The molecule has 0 spiro atoms. The van der Waals surface area contributed by atoms with Crippen LogP contribution in [0.3, 0.4) is 0 Å². The Hall–Kier alpha value is -1.10. The molecule has 1 aliphatic heterocycles. The second-order valence-electron chi connectivity index (χ2n) is 5.66. The van der Waals surface area contributed by atoms with Crippen LogP contribution in [0, 0.1) is 0 Å². The van der Waals surface area contributed by atoms with E-state index in [0.29, 0.717) is 6.10 Å². The predicted molar refractivity (Wildman–Crippen MR) is 79.0 cm³/mol. The smallest absolute Gasteiger partial charge is 0.123 e.